The van der Waals surface area contributed by atoms with Crippen LogP contribution in [0.25, 0.3) is 0 Å². The molecule has 0 aromatic heterocycles. The summed E-state index contributed by atoms with van der Waals surface area (Å²) in [5.41, 5.74) is 1.23. The lowest BCUT2D eigenvalue weighted by Crippen LogP contribution is -2.31. The third-order valence-electron chi connectivity index (χ3n) is 5.30. The molecule has 3 aromatic rings. The van der Waals surface area contributed by atoms with Crippen molar-refractivity contribution in [1.82, 2.24) is 4.90 Å². The number of carbonyl (C=O) groups is 2. The van der Waals surface area contributed by atoms with Gasteiger partial charge in [0, 0.05) is 18.7 Å². The highest BCUT2D eigenvalue weighted by atomic mass is 19.1. The van der Waals surface area contributed by atoms with Crippen molar-refractivity contribution >= 4 is 17.5 Å². The summed E-state index contributed by atoms with van der Waals surface area (Å²) in [7, 11) is 0. The number of benzene rings is 3. The quantitative estimate of drug-likeness (QED) is 0.539. The maximum atomic E-state index is 13.8. The topological polar surface area (TPSA) is 77.1 Å². The average molecular weight is 464 g/mol. The number of para-hydroxylation sites is 3. The smallest absolute Gasteiger partial charge is 0.262 e. The summed E-state index contributed by atoms with van der Waals surface area (Å²) in [5.74, 6) is 0.257. The molecular weight excluding hydrogens is 439 g/mol. The van der Waals surface area contributed by atoms with E-state index in [0.29, 0.717) is 43.4 Å². The van der Waals surface area contributed by atoms with E-state index >= 15 is 0 Å². The standard InChI is InChI=1S/C26H25FN2O5/c1-2-29(16-18-8-7-13-23-25(18)33-15-14-32-23)26(31)19-9-3-6-12-22(19)34-17-24(30)28-21-11-5-4-10-20(21)27/h3-13H,2,14-17H2,1H3,(H,28,30). The zero-order valence-corrected chi connectivity index (χ0v) is 18.8. The molecule has 4 rings (SSSR count). The molecule has 0 bridgehead atoms. The normalized spacial score (nSPS) is 12.1. The van der Waals surface area contributed by atoms with Crippen LogP contribution in [0, 0.1) is 5.82 Å². The van der Waals surface area contributed by atoms with Crippen LogP contribution >= 0.6 is 0 Å². The van der Waals surface area contributed by atoms with Crippen molar-refractivity contribution < 1.29 is 28.2 Å². The number of hydrogen-bond donors (Lipinski definition) is 1. The van der Waals surface area contributed by atoms with Crippen LogP contribution in [0.3, 0.4) is 0 Å². The SMILES string of the molecule is CCN(Cc1cccc2c1OCCO2)C(=O)c1ccccc1OCC(=O)Nc1ccccc1F. The van der Waals surface area contributed by atoms with Crippen molar-refractivity contribution in [2.24, 2.45) is 0 Å². The minimum atomic E-state index is -0.539. The van der Waals surface area contributed by atoms with E-state index in [0.717, 1.165) is 5.56 Å². The Hall–Kier alpha value is -4.07. The van der Waals surface area contributed by atoms with Gasteiger partial charge in [-0.15, -0.1) is 0 Å². The Balaban J connectivity index is 1.46. The molecule has 2 amide bonds. The molecule has 7 nitrogen and oxygen atoms in total. The summed E-state index contributed by atoms with van der Waals surface area (Å²) in [5, 5.41) is 2.46. The van der Waals surface area contributed by atoms with Crippen LogP contribution in [-0.2, 0) is 11.3 Å². The lowest BCUT2D eigenvalue weighted by Gasteiger charge is -2.26. The first kappa shape index (κ1) is 23.1. The molecule has 0 aliphatic carbocycles. The van der Waals surface area contributed by atoms with Gasteiger partial charge in [-0.25, -0.2) is 4.39 Å². The number of fused-ring (bicyclic) bond motifs is 1. The fourth-order valence-corrected chi connectivity index (χ4v) is 3.62. The number of rotatable bonds is 8. The molecule has 0 fully saturated rings. The molecule has 1 heterocycles. The van der Waals surface area contributed by atoms with Gasteiger partial charge in [0.05, 0.1) is 11.3 Å². The molecular formula is C26H25FN2O5. The zero-order chi connectivity index (χ0) is 23.9. The van der Waals surface area contributed by atoms with Crippen molar-refractivity contribution in [2.75, 3.05) is 31.7 Å². The Bertz CT molecular complexity index is 1180. The largest absolute Gasteiger partial charge is 0.486 e. The summed E-state index contributed by atoms with van der Waals surface area (Å²) in [6, 6.07) is 18.2. The zero-order valence-electron chi connectivity index (χ0n) is 18.8. The Kier molecular flexibility index (Phi) is 7.27. The van der Waals surface area contributed by atoms with E-state index in [-0.39, 0.29) is 24.0 Å². The van der Waals surface area contributed by atoms with Crippen LogP contribution in [0.4, 0.5) is 10.1 Å². The van der Waals surface area contributed by atoms with Crippen LogP contribution in [0.1, 0.15) is 22.8 Å². The molecule has 8 heteroatoms. The number of hydrogen-bond acceptors (Lipinski definition) is 5. The maximum absolute atomic E-state index is 13.8. The minimum Gasteiger partial charge on any atom is -0.486 e. The molecule has 0 spiro atoms. The number of ether oxygens (including phenoxy) is 3. The van der Waals surface area contributed by atoms with Crippen LogP contribution in [0.15, 0.2) is 66.7 Å². The number of amides is 2. The number of halogens is 1. The molecule has 0 saturated heterocycles. The lowest BCUT2D eigenvalue weighted by molar-refractivity contribution is -0.118. The molecule has 1 aliphatic rings. The van der Waals surface area contributed by atoms with E-state index in [1.807, 2.05) is 25.1 Å². The van der Waals surface area contributed by atoms with Crippen LogP contribution in [-0.4, -0.2) is 43.1 Å². The second kappa shape index (κ2) is 10.7. The second-order valence-electron chi connectivity index (χ2n) is 7.57. The molecule has 0 unspecified atom stereocenters. The summed E-state index contributed by atoms with van der Waals surface area (Å²) < 4.78 is 30.8. The van der Waals surface area contributed by atoms with Gasteiger partial charge in [-0.1, -0.05) is 36.4 Å². The number of carbonyl (C=O) groups excluding carboxylic acids is 2. The third-order valence-corrected chi connectivity index (χ3v) is 5.30. The van der Waals surface area contributed by atoms with E-state index in [1.165, 1.54) is 18.2 Å². The van der Waals surface area contributed by atoms with Crippen LogP contribution in [0.2, 0.25) is 0 Å². The van der Waals surface area contributed by atoms with Gasteiger partial charge < -0.3 is 24.4 Å². The van der Waals surface area contributed by atoms with Crippen molar-refractivity contribution in [2.45, 2.75) is 13.5 Å². The fourth-order valence-electron chi connectivity index (χ4n) is 3.62. The van der Waals surface area contributed by atoms with Gasteiger partial charge >= 0.3 is 0 Å². The molecule has 1 N–H and O–H groups in total. The second-order valence-corrected chi connectivity index (χ2v) is 7.57. The predicted octanol–water partition coefficient (Wildman–Crippen LogP) is 4.28. The Morgan fingerprint density at radius 3 is 2.59 bits per heavy atom. The van der Waals surface area contributed by atoms with E-state index < -0.39 is 11.7 Å². The molecule has 0 radical (unpaired) electrons. The molecule has 3 aromatic carbocycles. The van der Waals surface area contributed by atoms with Gasteiger partial charge in [0.1, 0.15) is 24.8 Å². The first-order valence-electron chi connectivity index (χ1n) is 11.0. The maximum Gasteiger partial charge on any atom is 0.262 e. The number of nitrogens with zero attached hydrogens (tertiary/aromatic N) is 1. The highest BCUT2D eigenvalue weighted by molar-refractivity contribution is 5.97. The number of nitrogens with one attached hydrogen (secondary N) is 1. The van der Waals surface area contributed by atoms with Crippen LogP contribution in [0.5, 0.6) is 17.2 Å². The molecule has 34 heavy (non-hydrogen) atoms. The predicted molar refractivity (Wildman–Crippen MR) is 125 cm³/mol. The Morgan fingerprint density at radius 1 is 1.00 bits per heavy atom. The van der Waals surface area contributed by atoms with Crippen molar-refractivity contribution in [3.05, 3.63) is 83.7 Å². The summed E-state index contributed by atoms with van der Waals surface area (Å²) in [6.07, 6.45) is 0. The molecule has 0 atom stereocenters. The van der Waals surface area contributed by atoms with Crippen molar-refractivity contribution in [1.29, 1.82) is 0 Å². The summed E-state index contributed by atoms with van der Waals surface area (Å²) in [4.78, 5) is 27.3. The Labute approximate surface area is 197 Å². The first-order valence-corrected chi connectivity index (χ1v) is 11.0. The van der Waals surface area contributed by atoms with Crippen molar-refractivity contribution in [3.8, 4) is 17.2 Å². The van der Waals surface area contributed by atoms with Gasteiger partial charge in [-0.05, 0) is 37.3 Å². The molecule has 1 aliphatic heterocycles. The van der Waals surface area contributed by atoms with Crippen molar-refractivity contribution in [3.63, 3.8) is 0 Å². The van der Waals surface area contributed by atoms with Gasteiger partial charge in [0.15, 0.2) is 18.1 Å². The summed E-state index contributed by atoms with van der Waals surface area (Å²) >= 11 is 0. The Morgan fingerprint density at radius 2 is 1.76 bits per heavy atom. The van der Waals surface area contributed by atoms with Gasteiger partial charge in [0.2, 0.25) is 0 Å². The van der Waals surface area contributed by atoms with E-state index in [1.54, 1.807) is 35.2 Å². The molecule has 0 saturated carbocycles. The van der Waals surface area contributed by atoms with E-state index in [9.17, 15) is 14.0 Å². The highest BCUT2D eigenvalue weighted by Crippen LogP contribution is 2.34. The fraction of sp³-hybridized carbons (Fsp3) is 0.231. The highest BCUT2D eigenvalue weighted by Gasteiger charge is 2.23. The molecule has 176 valence electrons. The van der Waals surface area contributed by atoms with Gasteiger partial charge in [0.25, 0.3) is 11.8 Å². The van der Waals surface area contributed by atoms with Crippen LogP contribution < -0.4 is 19.5 Å². The third kappa shape index (κ3) is 5.28. The monoisotopic (exact) mass is 464 g/mol. The van der Waals surface area contributed by atoms with E-state index in [4.69, 9.17) is 14.2 Å². The lowest BCUT2D eigenvalue weighted by atomic mass is 10.1. The van der Waals surface area contributed by atoms with Gasteiger partial charge in [-0.3, -0.25) is 9.59 Å². The summed E-state index contributed by atoms with van der Waals surface area (Å²) in [6.45, 7) is 3.23. The first-order chi connectivity index (χ1) is 16.6. The average Bonchev–Trinajstić information content (AvgIpc) is 2.87. The minimum absolute atomic E-state index is 0.0648. The number of anilines is 1. The van der Waals surface area contributed by atoms with E-state index in [2.05, 4.69) is 5.32 Å². The van der Waals surface area contributed by atoms with Gasteiger partial charge in [-0.2, -0.15) is 0 Å².